The van der Waals surface area contributed by atoms with Gasteiger partial charge in [0.1, 0.15) is 0 Å². The van der Waals surface area contributed by atoms with Crippen LogP contribution in [0.15, 0.2) is 533 Å². The van der Waals surface area contributed by atoms with E-state index in [0.29, 0.717) is 17.1 Å². The monoisotopic (exact) mass is 1800 g/mol. The zero-order valence-electron chi connectivity index (χ0n) is 117. The van der Waals surface area contributed by atoms with Gasteiger partial charge < -0.3 is 27.4 Å². The number of benzene rings is 22. The average molecular weight is 1800 g/mol. The van der Waals surface area contributed by atoms with Crippen molar-refractivity contribution in [2.24, 2.45) is 0 Å². The van der Waals surface area contributed by atoms with Gasteiger partial charge in [-0.1, -0.05) is 369 Å². The fraction of sp³-hybridized carbons (Fsp3) is 0. The second-order valence-electron chi connectivity index (χ2n) is 32.4. The van der Waals surface area contributed by atoms with Gasteiger partial charge in [0.2, 0.25) is 0 Å². The molecule has 0 spiro atoms. The van der Waals surface area contributed by atoms with Crippen molar-refractivity contribution in [3.05, 3.63) is 533 Å². The van der Waals surface area contributed by atoms with Crippen molar-refractivity contribution in [1.82, 2.24) is 27.4 Å². The van der Waals surface area contributed by atoms with Crippen LogP contribution in [0, 0.1) is 0 Å². The predicted octanol–water partition coefficient (Wildman–Crippen LogP) is 35.3. The summed E-state index contributed by atoms with van der Waals surface area (Å²) in [6, 6.07) is 55.3. The molecular formula is C132H88N6. The van der Waals surface area contributed by atoms with E-state index in [-0.39, 0.29) is 131 Å². The molecule has 138 heavy (non-hydrogen) atoms. The Morgan fingerprint density at radius 2 is 0.297 bits per heavy atom. The third kappa shape index (κ3) is 14.0. The fourth-order valence-electron chi connectivity index (χ4n) is 18.3. The lowest BCUT2D eigenvalue weighted by Crippen LogP contribution is -1.96. The number of nitrogens with zero attached hydrogens (tertiary/aromatic N) is 6. The van der Waals surface area contributed by atoms with E-state index in [1.54, 1.807) is 42.5 Å². The summed E-state index contributed by atoms with van der Waals surface area (Å²) in [5.74, 6) is 0. The second-order valence-corrected chi connectivity index (χ2v) is 32.4. The molecule has 646 valence electrons. The Morgan fingerprint density at radius 3 is 0.558 bits per heavy atom. The predicted molar refractivity (Wildman–Crippen MR) is 583 cm³/mol. The summed E-state index contributed by atoms with van der Waals surface area (Å²) in [5, 5.41) is -2.61. The van der Waals surface area contributed by atoms with E-state index in [4.69, 9.17) is 48.0 Å². The summed E-state index contributed by atoms with van der Waals surface area (Å²) in [6.45, 7) is 0. The number of rotatable bonds is 13. The highest BCUT2D eigenvalue weighted by Crippen LogP contribution is 2.45. The molecule has 0 N–H and O–H groups in total. The fourth-order valence-corrected chi connectivity index (χ4v) is 18.3. The highest BCUT2D eigenvalue weighted by molar-refractivity contribution is 6.16. The number of hydrogen-bond donors (Lipinski definition) is 0. The number of hydrogen-bond acceptors (Lipinski definition) is 0. The molecular weight excluding hydrogens is 1670 g/mol. The quantitative estimate of drug-likeness (QED) is 0.110. The Labute approximate surface area is 861 Å². The first-order valence-corrected chi connectivity index (χ1v) is 43.8. The van der Waals surface area contributed by atoms with Crippen LogP contribution >= 0.6 is 0 Å². The van der Waals surface area contributed by atoms with Crippen LogP contribution in [-0.4, -0.2) is 27.4 Å². The van der Waals surface area contributed by atoms with Gasteiger partial charge in [0.25, 0.3) is 0 Å². The van der Waals surface area contributed by atoms with Crippen LogP contribution in [0.2, 0.25) is 0 Å². The molecule has 6 nitrogen and oxygen atoms in total. The molecule has 6 aromatic heterocycles. The molecule has 0 bridgehead atoms. The Kier molecular flexibility index (Phi) is 11.5. The van der Waals surface area contributed by atoms with Crippen molar-refractivity contribution in [2.45, 2.75) is 0 Å². The van der Waals surface area contributed by atoms with Crippen LogP contribution in [0.5, 0.6) is 0 Å². The van der Waals surface area contributed by atoms with Gasteiger partial charge in [-0.25, -0.2) is 0 Å². The van der Waals surface area contributed by atoms with Gasteiger partial charge in [-0.15, -0.1) is 0 Å². The highest BCUT2D eigenvalue weighted by Gasteiger charge is 2.23. The lowest BCUT2D eigenvalue weighted by Gasteiger charge is -2.13. The van der Waals surface area contributed by atoms with Crippen molar-refractivity contribution in [3.8, 4) is 112 Å². The zero-order valence-corrected chi connectivity index (χ0v) is 72.0. The first kappa shape index (κ1) is 46.8. The summed E-state index contributed by atoms with van der Waals surface area (Å²) in [7, 11) is 0. The highest BCUT2D eigenvalue weighted by atomic mass is 15.0. The van der Waals surface area contributed by atoms with Crippen molar-refractivity contribution in [1.29, 1.82) is 0 Å². The Hall–Kier alpha value is -18.4. The van der Waals surface area contributed by atoms with E-state index >= 15 is 0 Å². The molecule has 22 aromatic carbocycles. The summed E-state index contributed by atoms with van der Waals surface area (Å²) >= 11 is 0. The van der Waals surface area contributed by atoms with E-state index in [2.05, 4.69) is 18.2 Å². The SMILES string of the molecule is [2H]c1c([2H])c([2H])c2c(c1[2H])c1c([2H])c(-n3c4c([2H])c([2H])c([2H])c([2H])c4c4c([2H])c([2H])c([2H])c([2H])c43)c([2H])c([2H])c1n2-c1ccc(-c2cc(-c3ccccc3)cc(-c3ccccc3)c2)cc1.[2H]c1c([2H])c([2H])c2c(c1[2H])c1c([2H])c(-n3c4c([2H])c([2H])c([2H])c([2H])c4c4c([2H])c([2H])c([2H])c([2H])c43)c([2H])c([2H])c1n2-c1ccc(-c2ccc(-c3ccccc3)cc2)cc1.[2H]c1c([2H])c([2H])c2c(c1[2H])c1c([2H])c(-n3c4c([2H])c([2H])c([2H])c([2H])c4c4c([2H])c([2H])c([2H])c([2H])c43)c([2H])c([2H])c1n2-c1cccc(-c2ccc(-c3ccccc3)cc2)c1. The minimum Gasteiger partial charge on any atom is -0.309 e. The van der Waals surface area contributed by atoms with Gasteiger partial charge in [0.15, 0.2) is 0 Å². The maximum absolute atomic E-state index is 9.85. The van der Waals surface area contributed by atoms with E-state index in [9.17, 15) is 13.7 Å². The van der Waals surface area contributed by atoms with Gasteiger partial charge in [0.05, 0.1) is 128 Å². The maximum Gasteiger partial charge on any atom is 0.0652 e. The van der Waals surface area contributed by atoms with Crippen LogP contribution in [0.4, 0.5) is 0 Å². The van der Waals surface area contributed by atoms with Crippen LogP contribution in [0.3, 0.4) is 0 Å². The molecule has 6 heterocycles. The number of aromatic nitrogens is 6. The van der Waals surface area contributed by atoms with Crippen LogP contribution in [-0.2, 0) is 0 Å². The summed E-state index contributed by atoms with van der Waals surface area (Å²) in [6.07, 6.45) is 0. The Morgan fingerprint density at radius 1 is 0.116 bits per heavy atom. The summed E-state index contributed by atoms with van der Waals surface area (Å²) in [5.41, 5.74) is 10.1. The molecule has 0 atom stereocenters. The average Bonchev–Trinajstić information content (AvgIpc) is 1.52. The van der Waals surface area contributed by atoms with Crippen molar-refractivity contribution in [3.63, 3.8) is 0 Å². The lowest BCUT2D eigenvalue weighted by atomic mass is 9.93. The smallest absolute Gasteiger partial charge is 0.0652 e. The molecule has 0 radical (unpaired) electrons. The van der Waals surface area contributed by atoms with E-state index in [0.717, 1.165) is 91.6 Å². The third-order valence-electron chi connectivity index (χ3n) is 24.7. The van der Waals surface area contributed by atoms with Gasteiger partial charge >= 0.3 is 0 Å². The van der Waals surface area contributed by atoms with Crippen molar-refractivity contribution >= 4 is 131 Å². The molecule has 0 aliphatic rings. The molecule has 0 saturated carbocycles. The zero-order chi connectivity index (χ0) is 130. The van der Waals surface area contributed by atoms with Crippen LogP contribution in [0.25, 0.3) is 243 Å². The first-order valence-electron chi connectivity index (χ1n) is 66.3. The first-order chi connectivity index (χ1) is 87.2. The van der Waals surface area contributed by atoms with Gasteiger partial charge in [-0.2, -0.15) is 0 Å². The third-order valence-corrected chi connectivity index (χ3v) is 24.7. The lowest BCUT2D eigenvalue weighted by molar-refractivity contribution is 1.17. The molecule has 28 aromatic rings. The number of fused-ring (bicyclic) bond motifs is 18. The molecule has 0 unspecified atom stereocenters. The van der Waals surface area contributed by atoms with E-state index < -0.39 is 289 Å². The molecule has 0 aliphatic carbocycles. The molecule has 28 rings (SSSR count). The molecule has 0 fully saturated rings. The van der Waals surface area contributed by atoms with Gasteiger partial charge in [0, 0.05) is 98.8 Å². The summed E-state index contributed by atoms with van der Waals surface area (Å²) in [4.78, 5) is 0. The van der Waals surface area contributed by atoms with Crippen LogP contribution < -0.4 is 0 Å². The maximum atomic E-state index is 9.85. The van der Waals surface area contributed by atoms with Gasteiger partial charge in [-0.3, -0.25) is 0 Å². The molecule has 0 amide bonds. The Balaban J connectivity index is 0.000000132. The second kappa shape index (κ2) is 34.0. The molecule has 0 aliphatic heterocycles. The largest absolute Gasteiger partial charge is 0.309 e. The van der Waals surface area contributed by atoms with E-state index in [1.165, 1.54) is 13.7 Å². The van der Waals surface area contributed by atoms with Crippen molar-refractivity contribution in [2.75, 3.05) is 0 Å². The normalized spacial score (nSPS) is 16.2. The van der Waals surface area contributed by atoms with Crippen LogP contribution in [0.1, 0.15) is 61.7 Å². The van der Waals surface area contributed by atoms with Crippen molar-refractivity contribution < 1.29 is 61.7 Å². The minimum atomic E-state index is -0.704. The summed E-state index contributed by atoms with van der Waals surface area (Å²) < 4.78 is 409. The molecule has 0 saturated heterocycles. The topological polar surface area (TPSA) is 29.6 Å². The van der Waals surface area contributed by atoms with Gasteiger partial charge in [-0.05, 0) is 241 Å². The standard InChI is InChI=1S/C48H32N2.2C42H28N2/c1-3-13-33(14-4-1)36-29-37(34-15-5-2-6-16-34)31-38(30-36)35-23-25-39(26-24-35)49-47-22-12-9-19-43(47)44-32-40(27-28-48(44)49)50-45-20-10-7-17-41(45)42-18-8-11-21-46(42)50;1-2-11-29(12-3-1)30-21-23-31(24-22-30)32-13-10-14-33(27-32)43-41-20-9-6-17-37(41)38-28-34(25-26-42(38)43)44-39-18-7-4-15-35(39)36-16-5-8-19-40(36)44;1-2-10-29(11-3-1)30-18-20-31(21-19-30)32-22-24-33(25-23-32)43-41-17-9-6-14-37(41)38-28-34(26-27-42(38)43)44-39-15-7-4-12-35(39)36-13-5-8-16-40(36)44/h1-32H;2*1-28H/i7D,8D,9D,10D,11D,12D,17D,18D,19D,20D,21D,22D,27D,28D,32D;4D,5D,6D,7D,8D,9D,15D,16D,17D,18D,19D,20D,25D,26D,28D;4D,5D,6D,7D,8D,9D,12D,13D,14D,15D,16D,17D,26D,27D,28D. The van der Waals surface area contributed by atoms with E-state index in [1.807, 2.05) is 200 Å². The minimum absolute atomic E-state index is 0.0735. The Bertz CT molecular complexity index is 12200. The number of para-hydroxylation sites is 9. The molecule has 6 heteroatoms.